The Morgan fingerprint density at radius 2 is 2.00 bits per heavy atom. The van der Waals surface area contributed by atoms with Gasteiger partial charge in [0.05, 0.1) is 0 Å². The Kier molecular flexibility index (Phi) is 4.22. The molecule has 16 heavy (non-hydrogen) atoms. The second-order valence-electron chi connectivity index (χ2n) is 5.38. The van der Waals surface area contributed by atoms with Gasteiger partial charge in [-0.2, -0.15) is 0 Å². The van der Waals surface area contributed by atoms with Crippen molar-refractivity contribution in [1.82, 2.24) is 4.90 Å². The molecule has 0 amide bonds. The molecule has 0 radical (unpaired) electrons. The Morgan fingerprint density at radius 1 is 1.31 bits per heavy atom. The zero-order chi connectivity index (χ0) is 11.4. The lowest BCUT2D eigenvalue weighted by atomic mass is 9.82. The molecule has 0 aromatic carbocycles. The van der Waals surface area contributed by atoms with E-state index in [1.165, 1.54) is 25.8 Å². The van der Waals surface area contributed by atoms with Crippen LogP contribution in [0.25, 0.3) is 0 Å². The highest BCUT2D eigenvalue weighted by Gasteiger charge is 2.37. The van der Waals surface area contributed by atoms with E-state index in [4.69, 9.17) is 10.5 Å². The van der Waals surface area contributed by atoms with Gasteiger partial charge in [-0.3, -0.25) is 4.90 Å². The fourth-order valence-electron chi connectivity index (χ4n) is 3.05. The first-order chi connectivity index (χ1) is 7.80. The van der Waals surface area contributed by atoms with E-state index in [1.54, 1.807) is 0 Å². The molecule has 2 rings (SSSR count). The van der Waals surface area contributed by atoms with Gasteiger partial charge >= 0.3 is 0 Å². The number of ether oxygens (including phenoxy) is 1. The summed E-state index contributed by atoms with van der Waals surface area (Å²) in [5.41, 5.74) is 6.29. The van der Waals surface area contributed by atoms with E-state index in [0.29, 0.717) is 0 Å². The Hall–Kier alpha value is -0.120. The summed E-state index contributed by atoms with van der Waals surface area (Å²) in [5.74, 6) is 0.936. The topological polar surface area (TPSA) is 38.5 Å². The molecule has 3 nitrogen and oxygen atoms in total. The molecule has 1 aliphatic carbocycles. The zero-order valence-electron chi connectivity index (χ0n) is 10.6. The summed E-state index contributed by atoms with van der Waals surface area (Å²) in [6.45, 7) is 7.22. The summed E-state index contributed by atoms with van der Waals surface area (Å²) in [5, 5.41) is 0. The Labute approximate surface area is 99.3 Å². The average molecular weight is 226 g/mol. The van der Waals surface area contributed by atoms with Gasteiger partial charge in [0, 0.05) is 31.8 Å². The van der Waals surface area contributed by atoms with Crippen molar-refractivity contribution in [2.45, 2.75) is 44.6 Å². The van der Waals surface area contributed by atoms with Gasteiger partial charge in [-0.1, -0.05) is 13.3 Å². The van der Waals surface area contributed by atoms with Crippen LogP contribution in [-0.2, 0) is 4.74 Å². The number of hydrogen-bond donors (Lipinski definition) is 1. The Bertz CT molecular complexity index is 210. The highest BCUT2D eigenvalue weighted by atomic mass is 16.5. The second-order valence-corrected chi connectivity index (χ2v) is 5.38. The van der Waals surface area contributed by atoms with E-state index in [2.05, 4.69) is 11.8 Å². The van der Waals surface area contributed by atoms with E-state index in [1.807, 2.05) is 0 Å². The minimum absolute atomic E-state index is 0.239. The maximum Gasteiger partial charge on any atom is 0.0484 e. The molecule has 2 fully saturated rings. The minimum Gasteiger partial charge on any atom is -0.381 e. The number of nitrogens with zero attached hydrogens (tertiary/aromatic N) is 1. The predicted octanol–water partition coefficient (Wildman–Crippen LogP) is 1.62. The monoisotopic (exact) mass is 226 g/mol. The molecule has 94 valence electrons. The first-order valence-electron chi connectivity index (χ1n) is 6.83. The summed E-state index contributed by atoms with van der Waals surface area (Å²) < 4.78 is 5.48. The number of nitrogens with two attached hydrogens (primary N) is 1. The molecule has 1 heterocycles. The summed E-state index contributed by atoms with van der Waals surface area (Å²) in [6.07, 6.45) is 6.51. The molecule has 0 aromatic rings. The van der Waals surface area contributed by atoms with E-state index >= 15 is 0 Å². The van der Waals surface area contributed by atoms with Gasteiger partial charge in [0.1, 0.15) is 0 Å². The molecule has 2 aliphatic rings. The number of rotatable bonds is 5. The van der Waals surface area contributed by atoms with E-state index < -0.39 is 0 Å². The normalized spacial score (nSPS) is 25.7. The number of likely N-dealkylation sites (N-methyl/N-ethyl adjacent to an activating group) is 1. The highest BCUT2D eigenvalue weighted by Crippen LogP contribution is 2.32. The van der Waals surface area contributed by atoms with E-state index in [9.17, 15) is 0 Å². The van der Waals surface area contributed by atoms with Crippen LogP contribution in [0.1, 0.15) is 39.0 Å². The molecule has 3 heteroatoms. The van der Waals surface area contributed by atoms with Crippen molar-refractivity contribution in [2.24, 2.45) is 11.7 Å². The van der Waals surface area contributed by atoms with Crippen LogP contribution in [0.4, 0.5) is 0 Å². The predicted molar refractivity (Wildman–Crippen MR) is 66.4 cm³/mol. The molecule has 0 aromatic heterocycles. The van der Waals surface area contributed by atoms with Crippen LogP contribution in [-0.4, -0.2) is 43.3 Å². The second kappa shape index (κ2) is 5.48. The smallest absolute Gasteiger partial charge is 0.0484 e. The standard InChI is InChI=1S/C13H26N2O/c1-2-15(10-12-4-3-5-12)13(11-14)6-8-16-9-7-13/h12H,2-11,14H2,1H3. The van der Waals surface area contributed by atoms with Crippen LogP contribution in [0.2, 0.25) is 0 Å². The van der Waals surface area contributed by atoms with Crippen molar-refractivity contribution < 1.29 is 4.74 Å². The van der Waals surface area contributed by atoms with Crippen molar-refractivity contribution in [3.05, 3.63) is 0 Å². The summed E-state index contributed by atoms with van der Waals surface area (Å²) >= 11 is 0. The van der Waals surface area contributed by atoms with Gasteiger partial charge in [-0.25, -0.2) is 0 Å². The van der Waals surface area contributed by atoms with Crippen molar-refractivity contribution in [3.8, 4) is 0 Å². The van der Waals surface area contributed by atoms with Crippen LogP contribution in [0.5, 0.6) is 0 Å². The minimum atomic E-state index is 0.239. The first kappa shape index (κ1) is 12.3. The van der Waals surface area contributed by atoms with Crippen LogP contribution >= 0.6 is 0 Å². The van der Waals surface area contributed by atoms with Crippen LogP contribution in [0.3, 0.4) is 0 Å². The van der Waals surface area contributed by atoms with Crippen LogP contribution in [0, 0.1) is 5.92 Å². The summed E-state index contributed by atoms with van der Waals surface area (Å²) in [4.78, 5) is 2.64. The van der Waals surface area contributed by atoms with Crippen LogP contribution in [0.15, 0.2) is 0 Å². The number of hydrogen-bond acceptors (Lipinski definition) is 3. The third-order valence-electron chi connectivity index (χ3n) is 4.56. The molecule has 0 bridgehead atoms. The molecule has 0 atom stereocenters. The van der Waals surface area contributed by atoms with Gasteiger partial charge < -0.3 is 10.5 Å². The molecular weight excluding hydrogens is 200 g/mol. The van der Waals surface area contributed by atoms with Gasteiger partial charge in [0.15, 0.2) is 0 Å². The van der Waals surface area contributed by atoms with E-state index in [0.717, 1.165) is 45.1 Å². The zero-order valence-corrected chi connectivity index (χ0v) is 10.6. The van der Waals surface area contributed by atoms with Gasteiger partial charge in [-0.15, -0.1) is 0 Å². The largest absolute Gasteiger partial charge is 0.381 e. The summed E-state index contributed by atoms with van der Waals surface area (Å²) in [7, 11) is 0. The van der Waals surface area contributed by atoms with E-state index in [-0.39, 0.29) is 5.54 Å². The Morgan fingerprint density at radius 3 is 2.44 bits per heavy atom. The van der Waals surface area contributed by atoms with Crippen LogP contribution < -0.4 is 5.73 Å². The molecule has 2 N–H and O–H groups in total. The third kappa shape index (κ3) is 2.41. The van der Waals surface area contributed by atoms with Crippen molar-refractivity contribution >= 4 is 0 Å². The summed E-state index contributed by atoms with van der Waals surface area (Å²) in [6, 6.07) is 0. The SMILES string of the molecule is CCN(CC1CCC1)C1(CN)CCOCC1. The van der Waals surface area contributed by atoms with Crippen molar-refractivity contribution in [3.63, 3.8) is 0 Å². The van der Waals surface area contributed by atoms with Gasteiger partial charge in [0.2, 0.25) is 0 Å². The lowest BCUT2D eigenvalue weighted by molar-refractivity contribution is -0.0328. The molecule has 1 aliphatic heterocycles. The molecular formula is C13H26N2O. The molecule has 1 saturated heterocycles. The van der Waals surface area contributed by atoms with Crippen molar-refractivity contribution in [2.75, 3.05) is 32.8 Å². The average Bonchev–Trinajstić information content (AvgIpc) is 2.29. The Balaban J connectivity index is 1.97. The fraction of sp³-hybridized carbons (Fsp3) is 1.00. The lowest BCUT2D eigenvalue weighted by Gasteiger charge is -2.47. The van der Waals surface area contributed by atoms with Gasteiger partial charge in [-0.05, 0) is 38.1 Å². The third-order valence-corrected chi connectivity index (χ3v) is 4.56. The molecule has 1 saturated carbocycles. The fourth-order valence-corrected chi connectivity index (χ4v) is 3.05. The lowest BCUT2D eigenvalue weighted by Crippen LogP contribution is -2.58. The van der Waals surface area contributed by atoms with Gasteiger partial charge in [0.25, 0.3) is 0 Å². The quantitative estimate of drug-likeness (QED) is 0.774. The molecule has 0 spiro atoms. The van der Waals surface area contributed by atoms with Crippen molar-refractivity contribution in [1.29, 1.82) is 0 Å². The maximum absolute atomic E-state index is 6.05. The maximum atomic E-state index is 6.05. The molecule has 0 unspecified atom stereocenters. The first-order valence-corrected chi connectivity index (χ1v) is 6.83. The highest BCUT2D eigenvalue weighted by molar-refractivity contribution is 4.94.